The Labute approximate surface area is 95.6 Å². The summed E-state index contributed by atoms with van der Waals surface area (Å²) in [4.78, 5) is 8.07. The Balaban J connectivity index is 2.16. The van der Waals surface area contributed by atoms with E-state index in [0.29, 0.717) is 5.95 Å². The molecule has 6 heteroatoms. The Bertz CT molecular complexity index is 294. The van der Waals surface area contributed by atoms with E-state index in [1.807, 2.05) is 6.07 Å². The van der Waals surface area contributed by atoms with Gasteiger partial charge in [-0.3, -0.25) is 5.43 Å². The molecule has 0 aliphatic heterocycles. The smallest absolute Gasteiger partial charge is 0.239 e. The topological polar surface area (TPSA) is 85.1 Å². The summed E-state index contributed by atoms with van der Waals surface area (Å²) < 4.78 is 4.97. The van der Waals surface area contributed by atoms with Gasteiger partial charge >= 0.3 is 0 Å². The fourth-order valence-electron chi connectivity index (χ4n) is 1.29. The van der Waals surface area contributed by atoms with E-state index >= 15 is 0 Å². The molecule has 90 valence electrons. The molecule has 6 nitrogen and oxygen atoms in total. The number of nitrogens with one attached hydrogen (secondary N) is 2. The molecule has 0 atom stereocenters. The maximum Gasteiger partial charge on any atom is 0.239 e. The lowest BCUT2D eigenvalue weighted by atomic mass is 10.2. The molecule has 1 rings (SSSR count). The van der Waals surface area contributed by atoms with Crippen LogP contribution in [0.1, 0.15) is 19.3 Å². The second kappa shape index (κ2) is 7.84. The lowest BCUT2D eigenvalue weighted by molar-refractivity contribution is 0.192. The first-order chi connectivity index (χ1) is 7.86. The maximum absolute atomic E-state index is 5.21. The van der Waals surface area contributed by atoms with Gasteiger partial charge in [0.25, 0.3) is 0 Å². The summed E-state index contributed by atoms with van der Waals surface area (Å²) in [6.07, 6.45) is 5.00. The third-order valence-corrected chi connectivity index (χ3v) is 2.12. The summed E-state index contributed by atoms with van der Waals surface area (Å²) in [7, 11) is 1.72. The van der Waals surface area contributed by atoms with Crippen LogP contribution in [0, 0.1) is 0 Å². The highest BCUT2D eigenvalue weighted by Crippen LogP contribution is 2.05. The van der Waals surface area contributed by atoms with Gasteiger partial charge in [0, 0.05) is 26.5 Å². The second-order valence-corrected chi connectivity index (χ2v) is 3.39. The minimum atomic E-state index is 0.421. The molecule has 0 bridgehead atoms. The molecule has 0 aromatic carbocycles. The van der Waals surface area contributed by atoms with E-state index in [-0.39, 0.29) is 0 Å². The van der Waals surface area contributed by atoms with Crippen LogP contribution in [0.4, 0.5) is 11.8 Å². The number of nitrogens with zero attached hydrogens (tertiary/aromatic N) is 2. The van der Waals surface area contributed by atoms with Crippen LogP contribution in [-0.4, -0.2) is 30.2 Å². The van der Waals surface area contributed by atoms with Gasteiger partial charge in [0.15, 0.2) is 0 Å². The number of unbranched alkanes of at least 4 members (excludes halogenated alkanes) is 2. The van der Waals surface area contributed by atoms with Crippen LogP contribution in [0.25, 0.3) is 0 Å². The molecular weight excluding hydrogens is 206 g/mol. The van der Waals surface area contributed by atoms with Crippen molar-refractivity contribution in [3.63, 3.8) is 0 Å². The average molecular weight is 225 g/mol. The van der Waals surface area contributed by atoms with E-state index in [9.17, 15) is 0 Å². The van der Waals surface area contributed by atoms with Crippen LogP contribution in [0.2, 0.25) is 0 Å². The monoisotopic (exact) mass is 225 g/mol. The van der Waals surface area contributed by atoms with Crippen LogP contribution in [0.5, 0.6) is 0 Å². The van der Waals surface area contributed by atoms with Gasteiger partial charge in [-0.25, -0.2) is 10.8 Å². The molecule has 0 saturated heterocycles. The minimum absolute atomic E-state index is 0.421. The zero-order chi connectivity index (χ0) is 11.6. The van der Waals surface area contributed by atoms with Gasteiger partial charge in [0.2, 0.25) is 5.95 Å². The van der Waals surface area contributed by atoms with Gasteiger partial charge in [-0.05, 0) is 25.3 Å². The van der Waals surface area contributed by atoms with E-state index in [0.717, 1.165) is 38.2 Å². The first-order valence-electron chi connectivity index (χ1n) is 5.39. The normalized spacial score (nSPS) is 10.1. The molecule has 1 aromatic heterocycles. The molecule has 0 aliphatic rings. The highest BCUT2D eigenvalue weighted by molar-refractivity contribution is 5.38. The molecule has 1 heterocycles. The molecule has 0 unspecified atom stereocenters. The third kappa shape index (κ3) is 4.90. The molecule has 4 N–H and O–H groups in total. The summed E-state index contributed by atoms with van der Waals surface area (Å²) in [6.45, 7) is 1.72. The zero-order valence-corrected chi connectivity index (χ0v) is 9.57. The first-order valence-corrected chi connectivity index (χ1v) is 5.39. The van der Waals surface area contributed by atoms with Crippen molar-refractivity contribution in [2.24, 2.45) is 5.84 Å². The number of methoxy groups -OCH3 is 1. The number of nitrogen functional groups attached to an aromatic ring is 1. The van der Waals surface area contributed by atoms with Gasteiger partial charge in [-0.2, -0.15) is 4.98 Å². The molecule has 0 radical (unpaired) electrons. The van der Waals surface area contributed by atoms with Gasteiger partial charge in [0.05, 0.1) is 0 Å². The van der Waals surface area contributed by atoms with Gasteiger partial charge in [-0.15, -0.1) is 0 Å². The van der Waals surface area contributed by atoms with E-state index in [1.165, 1.54) is 0 Å². The standard InChI is InChI=1S/C10H19N5O/c1-16-8-4-2-3-6-12-9-5-7-13-10(14-9)15-11/h5,7H,2-4,6,8,11H2,1H3,(H2,12,13,14,15). The molecule has 0 fully saturated rings. The van der Waals surface area contributed by atoms with Crippen molar-refractivity contribution in [1.29, 1.82) is 0 Å². The molecule has 16 heavy (non-hydrogen) atoms. The predicted octanol–water partition coefficient (Wildman–Crippen LogP) is 0.991. The molecule has 1 aromatic rings. The molecule has 0 amide bonds. The predicted molar refractivity (Wildman–Crippen MR) is 64.1 cm³/mol. The van der Waals surface area contributed by atoms with Crippen molar-refractivity contribution in [3.05, 3.63) is 12.3 Å². The Morgan fingerprint density at radius 1 is 1.38 bits per heavy atom. The molecule has 0 spiro atoms. The number of nitrogens with two attached hydrogens (primary N) is 1. The largest absolute Gasteiger partial charge is 0.385 e. The number of rotatable bonds is 8. The average Bonchev–Trinajstić information content (AvgIpc) is 2.34. The number of hydrogen-bond acceptors (Lipinski definition) is 6. The van der Waals surface area contributed by atoms with Crippen molar-refractivity contribution in [3.8, 4) is 0 Å². The number of anilines is 2. The SMILES string of the molecule is COCCCCCNc1ccnc(NN)n1. The van der Waals surface area contributed by atoms with Crippen molar-refractivity contribution in [2.75, 3.05) is 31.0 Å². The van der Waals surface area contributed by atoms with Gasteiger partial charge in [-0.1, -0.05) is 0 Å². The van der Waals surface area contributed by atoms with Crippen molar-refractivity contribution in [2.45, 2.75) is 19.3 Å². The second-order valence-electron chi connectivity index (χ2n) is 3.39. The number of hydrazine groups is 1. The van der Waals surface area contributed by atoms with Crippen LogP contribution in [-0.2, 0) is 4.74 Å². The lowest BCUT2D eigenvalue weighted by Gasteiger charge is -2.06. The molecular formula is C10H19N5O. The summed E-state index contributed by atoms with van der Waals surface area (Å²) in [5.74, 6) is 6.42. The van der Waals surface area contributed by atoms with E-state index in [2.05, 4.69) is 20.7 Å². The van der Waals surface area contributed by atoms with Crippen molar-refractivity contribution in [1.82, 2.24) is 9.97 Å². The Hall–Kier alpha value is -1.40. The zero-order valence-electron chi connectivity index (χ0n) is 9.57. The Kier molecular flexibility index (Phi) is 6.20. The highest BCUT2D eigenvalue weighted by Gasteiger charge is 1.96. The quantitative estimate of drug-likeness (QED) is 0.347. The van der Waals surface area contributed by atoms with Crippen LogP contribution in [0.3, 0.4) is 0 Å². The fourth-order valence-corrected chi connectivity index (χ4v) is 1.29. The van der Waals surface area contributed by atoms with Gasteiger partial charge in [0.1, 0.15) is 5.82 Å². The molecule has 0 aliphatic carbocycles. The van der Waals surface area contributed by atoms with Crippen molar-refractivity contribution >= 4 is 11.8 Å². The van der Waals surface area contributed by atoms with E-state index < -0.39 is 0 Å². The minimum Gasteiger partial charge on any atom is -0.385 e. The Morgan fingerprint density at radius 2 is 2.25 bits per heavy atom. The number of ether oxygens (including phenoxy) is 1. The maximum atomic E-state index is 5.21. The van der Waals surface area contributed by atoms with Crippen LogP contribution >= 0.6 is 0 Å². The first kappa shape index (κ1) is 12.7. The highest BCUT2D eigenvalue weighted by atomic mass is 16.5. The number of hydrogen-bond donors (Lipinski definition) is 3. The molecule has 0 saturated carbocycles. The van der Waals surface area contributed by atoms with Crippen molar-refractivity contribution < 1.29 is 4.74 Å². The lowest BCUT2D eigenvalue weighted by Crippen LogP contribution is -2.12. The van der Waals surface area contributed by atoms with E-state index in [1.54, 1.807) is 13.3 Å². The summed E-state index contributed by atoms with van der Waals surface area (Å²) in [6, 6.07) is 1.82. The number of aromatic nitrogens is 2. The van der Waals surface area contributed by atoms with E-state index in [4.69, 9.17) is 10.6 Å². The van der Waals surface area contributed by atoms with Crippen LogP contribution < -0.4 is 16.6 Å². The fraction of sp³-hybridized carbons (Fsp3) is 0.600. The summed E-state index contributed by atoms with van der Waals surface area (Å²) >= 11 is 0. The Morgan fingerprint density at radius 3 is 3.00 bits per heavy atom. The third-order valence-electron chi connectivity index (χ3n) is 2.12. The van der Waals surface area contributed by atoms with Gasteiger partial charge < -0.3 is 10.1 Å². The summed E-state index contributed by atoms with van der Waals surface area (Å²) in [5.41, 5.74) is 2.41. The summed E-state index contributed by atoms with van der Waals surface area (Å²) in [5, 5.41) is 3.21. The van der Waals surface area contributed by atoms with Crippen LogP contribution in [0.15, 0.2) is 12.3 Å².